The molecule has 2 N–H and O–H groups in total. The Hall–Kier alpha value is -4.41. The second kappa shape index (κ2) is 10.9. The van der Waals surface area contributed by atoms with E-state index in [-0.39, 0.29) is 36.2 Å². The maximum absolute atomic E-state index is 13.2. The highest BCUT2D eigenvalue weighted by atomic mass is 19.1. The van der Waals surface area contributed by atoms with Gasteiger partial charge in [-0.1, -0.05) is 18.2 Å². The number of likely N-dealkylation sites (N-methyl/N-ethyl adjacent to an activating group) is 1. The molecule has 3 amide bonds. The first kappa shape index (κ1) is 26.6. The number of hydrogen-bond acceptors (Lipinski definition) is 6. The summed E-state index contributed by atoms with van der Waals surface area (Å²) < 4.78 is 25.1. The largest absolute Gasteiger partial charge is 0.493 e. The van der Waals surface area contributed by atoms with Crippen molar-refractivity contribution in [2.45, 2.75) is 32.0 Å². The Kier molecular flexibility index (Phi) is 7.65. The molecule has 10 nitrogen and oxygen atoms in total. The number of amides is 3. The molecule has 4 rings (SSSR count). The zero-order valence-corrected chi connectivity index (χ0v) is 21.7. The molecule has 11 heteroatoms. The number of ether oxygens (including phenoxy) is 2. The van der Waals surface area contributed by atoms with Gasteiger partial charge >= 0.3 is 0 Å². The van der Waals surface area contributed by atoms with Gasteiger partial charge in [-0.05, 0) is 48.7 Å². The van der Waals surface area contributed by atoms with E-state index in [0.29, 0.717) is 24.5 Å². The fourth-order valence-electron chi connectivity index (χ4n) is 4.26. The summed E-state index contributed by atoms with van der Waals surface area (Å²) in [7, 11) is 4.66. The summed E-state index contributed by atoms with van der Waals surface area (Å²) in [4.78, 5) is 40.3. The van der Waals surface area contributed by atoms with Crippen LogP contribution in [0.5, 0.6) is 11.5 Å². The minimum Gasteiger partial charge on any atom is -0.493 e. The number of rotatable bonds is 9. The van der Waals surface area contributed by atoms with Gasteiger partial charge in [0.1, 0.15) is 17.1 Å². The number of hydrogen-bond donors (Lipinski definition) is 2. The minimum absolute atomic E-state index is 0.0682. The van der Waals surface area contributed by atoms with Crippen LogP contribution in [0.4, 0.5) is 4.39 Å². The van der Waals surface area contributed by atoms with E-state index in [1.807, 2.05) is 12.1 Å². The number of halogens is 1. The number of carbonyl (C=O) groups excluding carboxylic acids is 3. The number of nitrogens with one attached hydrogen (secondary N) is 2. The molecule has 200 valence electrons. The highest BCUT2D eigenvalue weighted by Crippen LogP contribution is 2.28. The molecule has 1 unspecified atom stereocenters. The van der Waals surface area contributed by atoms with E-state index >= 15 is 0 Å². The van der Waals surface area contributed by atoms with Gasteiger partial charge in [-0.15, -0.1) is 0 Å². The van der Waals surface area contributed by atoms with Gasteiger partial charge in [0, 0.05) is 26.2 Å². The fourth-order valence-corrected chi connectivity index (χ4v) is 4.26. The van der Waals surface area contributed by atoms with Crippen molar-refractivity contribution in [2.24, 2.45) is 0 Å². The molecule has 0 fully saturated rings. The third-order valence-electron chi connectivity index (χ3n) is 6.74. The van der Waals surface area contributed by atoms with Gasteiger partial charge in [-0.2, -0.15) is 5.10 Å². The minimum atomic E-state index is -1.24. The molecule has 1 aromatic heterocycles. The Labute approximate surface area is 219 Å². The summed E-state index contributed by atoms with van der Waals surface area (Å²) in [6.45, 7) is 2.22. The van der Waals surface area contributed by atoms with Crippen molar-refractivity contribution in [1.82, 2.24) is 25.3 Å². The molecule has 1 atom stereocenters. The fraction of sp³-hybridized carbons (Fsp3) is 0.333. The lowest BCUT2D eigenvalue weighted by Gasteiger charge is -2.40. The standard InChI is InChI=1S/C27H30FN5O5/c1-27(26(36)30-15-18-5-8-19(28)9-6-18)16-33-21(25(35)32(27)2)14-20(31-33)24(34)29-12-11-17-7-10-22(37-3)23(13-17)38-4/h5-10,13-14H,11-12,15-16H2,1-4H3,(H,29,34)(H,30,36). The first-order valence-corrected chi connectivity index (χ1v) is 12.0. The summed E-state index contributed by atoms with van der Waals surface area (Å²) in [6.07, 6.45) is 0.549. The van der Waals surface area contributed by atoms with Crippen molar-refractivity contribution in [3.8, 4) is 11.5 Å². The molecule has 3 aromatic rings. The Bertz CT molecular complexity index is 1360. The maximum Gasteiger partial charge on any atom is 0.272 e. The lowest BCUT2D eigenvalue weighted by atomic mass is 9.96. The first-order chi connectivity index (χ1) is 18.2. The van der Waals surface area contributed by atoms with Crippen molar-refractivity contribution in [3.63, 3.8) is 0 Å². The van der Waals surface area contributed by atoms with Crippen molar-refractivity contribution in [3.05, 3.63) is 76.9 Å². The number of benzene rings is 2. The molecule has 1 aliphatic heterocycles. The SMILES string of the molecule is COc1ccc(CCNC(=O)c2cc3n(n2)CC(C)(C(=O)NCc2ccc(F)cc2)N(C)C3=O)cc1OC. The van der Waals surface area contributed by atoms with Crippen molar-refractivity contribution in [2.75, 3.05) is 27.8 Å². The van der Waals surface area contributed by atoms with Crippen LogP contribution in [-0.2, 0) is 24.3 Å². The van der Waals surface area contributed by atoms with Crippen LogP contribution in [0.3, 0.4) is 0 Å². The van der Waals surface area contributed by atoms with Crippen molar-refractivity contribution >= 4 is 17.7 Å². The van der Waals surface area contributed by atoms with Gasteiger partial charge < -0.3 is 25.0 Å². The van der Waals surface area contributed by atoms with Crippen LogP contribution >= 0.6 is 0 Å². The lowest BCUT2D eigenvalue weighted by Crippen LogP contribution is -2.62. The normalized spacial score (nSPS) is 16.6. The third-order valence-corrected chi connectivity index (χ3v) is 6.74. The highest BCUT2D eigenvalue weighted by molar-refractivity contribution is 6.01. The average Bonchev–Trinajstić information content (AvgIpc) is 3.35. The maximum atomic E-state index is 13.2. The van der Waals surface area contributed by atoms with Crippen LogP contribution in [0.15, 0.2) is 48.5 Å². The van der Waals surface area contributed by atoms with Gasteiger partial charge in [-0.25, -0.2) is 4.39 Å². The first-order valence-electron chi connectivity index (χ1n) is 12.0. The molecule has 38 heavy (non-hydrogen) atoms. The number of methoxy groups -OCH3 is 2. The Morgan fingerprint density at radius 3 is 2.39 bits per heavy atom. The van der Waals surface area contributed by atoms with E-state index < -0.39 is 17.4 Å². The topological polar surface area (TPSA) is 115 Å². The molecular formula is C27H30FN5O5. The summed E-state index contributed by atoms with van der Waals surface area (Å²) in [5, 5.41) is 9.94. The van der Waals surface area contributed by atoms with Crippen molar-refractivity contribution < 1.29 is 28.2 Å². The highest BCUT2D eigenvalue weighted by Gasteiger charge is 2.46. The zero-order valence-electron chi connectivity index (χ0n) is 21.7. The smallest absolute Gasteiger partial charge is 0.272 e. The Morgan fingerprint density at radius 1 is 1.03 bits per heavy atom. The van der Waals surface area contributed by atoms with Crippen LogP contribution in [0, 0.1) is 5.82 Å². The summed E-state index contributed by atoms with van der Waals surface area (Å²) in [5.74, 6) is -0.380. The van der Waals surface area contributed by atoms with E-state index in [4.69, 9.17) is 9.47 Å². The van der Waals surface area contributed by atoms with E-state index in [1.54, 1.807) is 46.4 Å². The number of aromatic nitrogens is 2. The van der Waals surface area contributed by atoms with Gasteiger partial charge in [0.15, 0.2) is 17.2 Å². The van der Waals surface area contributed by atoms with Crippen LogP contribution in [-0.4, -0.2) is 65.8 Å². The molecule has 0 bridgehead atoms. The molecule has 2 heterocycles. The lowest BCUT2D eigenvalue weighted by molar-refractivity contribution is -0.132. The number of carbonyl (C=O) groups is 3. The summed E-state index contributed by atoms with van der Waals surface area (Å²) >= 11 is 0. The van der Waals surface area contributed by atoms with Crippen LogP contribution in [0.25, 0.3) is 0 Å². The molecule has 0 saturated carbocycles. The third kappa shape index (κ3) is 5.31. The van der Waals surface area contributed by atoms with Crippen LogP contribution in [0.1, 0.15) is 39.0 Å². The zero-order chi connectivity index (χ0) is 27.4. The molecule has 0 saturated heterocycles. The monoisotopic (exact) mass is 523 g/mol. The molecular weight excluding hydrogens is 493 g/mol. The van der Waals surface area contributed by atoms with Gasteiger partial charge in [0.05, 0.1) is 20.8 Å². The number of nitrogens with zero attached hydrogens (tertiary/aromatic N) is 3. The number of fused-ring (bicyclic) bond motifs is 1. The van der Waals surface area contributed by atoms with E-state index in [2.05, 4.69) is 15.7 Å². The molecule has 2 aromatic carbocycles. The van der Waals surface area contributed by atoms with Gasteiger partial charge in [-0.3, -0.25) is 19.1 Å². The van der Waals surface area contributed by atoms with E-state index in [0.717, 1.165) is 11.1 Å². The van der Waals surface area contributed by atoms with E-state index in [1.165, 1.54) is 27.8 Å². The van der Waals surface area contributed by atoms with Crippen LogP contribution in [0.2, 0.25) is 0 Å². The second-order valence-electron chi connectivity index (χ2n) is 9.21. The molecule has 0 spiro atoms. The average molecular weight is 524 g/mol. The quantitative estimate of drug-likeness (QED) is 0.444. The molecule has 0 radical (unpaired) electrons. The second-order valence-corrected chi connectivity index (χ2v) is 9.21. The van der Waals surface area contributed by atoms with Gasteiger partial charge in [0.2, 0.25) is 5.91 Å². The Balaban J connectivity index is 1.40. The molecule has 1 aliphatic rings. The molecule has 0 aliphatic carbocycles. The predicted octanol–water partition coefficient (Wildman–Crippen LogP) is 2.17. The van der Waals surface area contributed by atoms with Crippen molar-refractivity contribution in [1.29, 1.82) is 0 Å². The van der Waals surface area contributed by atoms with E-state index in [9.17, 15) is 18.8 Å². The predicted molar refractivity (Wildman–Crippen MR) is 137 cm³/mol. The Morgan fingerprint density at radius 2 is 1.71 bits per heavy atom. The summed E-state index contributed by atoms with van der Waals surface area (Å²) in [6, 6.07) is 12.8. The van der Waals surface area contributed by atoms with Crippen LogP contribution < -0.4 is 20.1 Å². The summed E-state index contributed by atoms with van der Waals surface area (Å²) in [5.41, 5.74) is 0.745. The van der Waals surface area contributed by atoms with Gasteiger partial charge in [0.25, 0.3) is 11.8 Å².